The molecule has 2 fully saturated rings. The van der Waals surface area contributed by atoms with Crippen molar-refractivity contribution in [1.29, 1.82) is 0 Å². The van der Waals surface area contributed by atoms with E-state index in [1.807, 2.05) is 0 Å². The zero-order valence-corrected chi connectivity index (χ0v) is 17.0. The van der Waals surface area contributed by atoms with Crippen molar-refractivity contribution in [2.45, 2.75) is 50.8 Å². The van der Waals surface area contributed by atoms with Crippen LogP contribution in [0.1, 0.15) is 36.8 Å². The summed E-state index contributed by atoms with van der Waals surface area (Å²) in [4.78, 5) is 5.41. The molecule has 150 valence electrons. The van der Waals surface area contributed by atoms with Crippen molar-refractivity contribution in [2.24, 2.45) is 0 Å². The summed E-state index contributed by atoms with van der Waals surface area (Å²) in [7, 11) is 0. The van der Waals surface area contributed by atoms with Crippen molar-refractivity contribution in [3.63, 3.8) is 0 Å². The summed E-state index contributed by atoms with van der Waals surface area (Å²) in [5.74, 6) is 0. The second-order valence-corrected chi connectivity index (χ2v) is 8.35. The lowest BCUT2D eigenvalue weighted by Gasteiger charge is -2.41. The minimum absolute atomic E-state index is 0.455. The Kier molecular flexibility index (Phi) is 7.15. The summed E-state index contributed by atoms with van der Waals surface area (Å²) in [5, 5.41) is 0. The number of benzene rings is 2. The molecule has 0 radical (unpaired) electrons. The van der Waals surface area contributed by atoms with Gasteiger partial charge in [-0.2, -0.15) is 0 Å². The second-order valence-electron chi connectivity index (χ2n) is 8.35. The molecule has 0 aromatic heterocycles. The summed E-state index contributed by atoms with van der Waals surface area (Å²) < 4.78 is 6.18. The third-order valence-corrected chi connectivity index (χ3v) is 6.44. The molecule has 1 atom stereocenters. The number of hydrogen-bond donors (Lipinski definition) is 0. The van der Waals surface area contributed by atoms with Gasteiger partial charge in [0.25, 0.3) is 0 Å². The molecule has 0 spiro atoms. The molecule has 1 aliphatic carbocycles. The molecule has 1 heterocycles. The average molecular weight is 379 g/mol. The summed E-state index contributed by atoms with van der Waals surface area (Å²) in [5.41, 5.74) is 2.67. The third-order valence-electron chi connectivity index (χ3n) is 6.44. The molecule has 1 saturated heterocycles. The smallest absolute Gasteiger partial charge is 0.0717 e. The Hall–Kier alpha value is -1.68. The van der Waals surface area contributed by atoms with Crippen LogP contribution in [0, 0.1) is 0 Å². The standard InChI is InChI=1S/C25H34N2O/c1-3-9-22(10-4-1)19-25(21-28-20-23-11-5-2-6-12-23)27-17-15-26(16-18-27)24-13-7-8-14-24/h1-6,9-12,24-25H,7-8,13-21H2/t25-/m1/s1. The van der Waals surface area contributed by atoms with Gasteiger partial charge in [0.15, 0.2) is 0 Å². The summed E-state index contributed by atoms with van der Waals surface area (Å²) in [6.07, 6.45) is 6.74. The quantitative estimate of drug-likeness (QED) is 0.678. The molecule has 4 rings (SSSR count). The van der Waals surface area contributed by atoms with Gasteiger partial charge in [-0.15, -0.1) is 0 Å². The average Bonchev–Trinajstić information content (AvgIpc) is 3.30. The van der Waals surface area contributed by atoms with E-state index in [0.29, 0.717) is 12.6 Å². The highest BCUT2D eigenvalue weighted by atomic mass is 16.5. The Bertz CT molecular complexity index is 676. The minimum Gasteiger partial charge on any atom is -0.375 e. The van der Waals surface area contributed by atoms with E-state index < -0.39 is 0 Å². The van der Waals surface area contributed by atoms with Gasteiger partial charge in [0.05, 0.1) is 13.2 Å². The Labute approximate surface area is 170 Å². The Balaban J connectivity index is 1.33. The van der Waals surface area contributed by atoms with Crippen LogP contribution >= 0.6 is 0 Å². The molecule has 0 N–H and O–H groups in total. The van der Waals surface area contributed by atoms with Crippen LogP contribution in [0.2, 0.25) is 0 Å². The van der Waals surface area contributed by atoms with E-state index in [1.165, 1.54) is 63.0 Å². The highest BCUT2D eigenvalue weighted by molar-refractivity contribution is 5.16. The van der Waals surface area contributed by atoms with E-state index in [9.17, 15) is 0 Å². The van der Waals surface area contributed by atoms with Crippen LogP contribution in [0.3, 0.4) is 0 Å². The van der Waals surface area contributed by atoms with Crippen LogP contribution in [0.15, 0.2) is 60.7 Å². The van der Waals surface area contributed by atoms with Crippen LogP contribution in [0.25, 0.3) is 0 Å². The van der Waals surface area contributed by atoms with Gasteiger partial charge >= 0.3 is 0 Å². The Morgan fingerprint density at radius 2 is 1.39 bits per heavy atom. The SMILES string of the molecule is c1ccc(COC[C@@H](Cc2ccccc2)N2CCN(C3CCCC3)CC2)cc1. The highest BCUT2D eigenvalue weighted by Gasteiger charge is 2.29. The van der Waals surface area contributed by atoms with Gasteiger partial charge in [-0.3, -0.25) is 9.80 Å². The maximum absolute atomic E-state index is 6.18. The number of piperazine rings is 1. The van der Waals surface area contributed by atoms with Crippen LogP contribution in [-0.4, -0.2) is 54.7 Å². The topological polar surface area (TPSA) is 15.7 Å². The zero-order valence-electron chi connectivity index (χ0n) is 17.0. The van der Waals surface area contributed by atoms with Crippen molar-refractivity contribution in [3.05, 3.63) is 71.8 Å². The van der Waals surface area contributed by atoms with Gasteiger partial charge in [0.2, 0.25) is 0 Å². The monoisotopic (exact) mass is 378 g/mol. The first-order valence-corrected chi connectivity index (χ1v) is 11.0. The lowest BCUT2D eigenvalue weighted by Crippen LogP contribution is -2.54. The predicted octanol–water partition coefficient (Wildman–Crippen LogP) is 4.37. The van der Waals surface area contributed by atoms with Crippen molar-refractivity contribution in [2.75, 3.05) is 32.8 Å². The van der Waals surface area contributed by atoms with E-state index in [1.54, 1.807) is 0 Å². The van der Waals surface area contributed by atoms with E-state index in [2.05, 4.69) is 70.5 Å². The van der Waals surface area contributed by atoms with Crippen molar-refractivity contribution >= 4 is 0 Å². The van der Waals surface area contributed by atoms with Crippen molar-refractivity contribution < 1.29 is 4.74 Å². The molecule has 0 amide bonds. The summed E-state index contributed by atoms with van der Waals surface area (Å²) in [6, 6.07) is 22.7. The van der Waals surface area contributed by atoms with Crippen molar-refractivity contribution in [1.82, 2.24) is 9.80 Å². The van der Waals surface area contributed by atoms with E-state index >= 15 is 0 Å². The zero-order chi connectivity index (χ0) is 19.0. The maximum atomic E-state index is 6.18. The normalized spacial score (nSPS) is 20.4. The molecular formula is C25H34N2O. The minimum atomic E-state index is 0.455. The van der Waals surface area contributed by atoms with E-state index in [4.69, 9.17) is 4.74 Å². The van der Waals surface area contributed by atoms with Gasteiger partial charge in [-0.25, -0.2) is 0 Å². The fourth-order valence-electron chi connectivity index (χ4n) is 4.80. The lowest BCUT2D eigenvalue weighted by molar-refractivity contribution is 0.0171. The predicted molar refractivity (Wildman–Crippen MR) is 115 cm³/mol. The van der Waals surface area contributed by atoms with Crippen LogP contribution in [-0.2, 0) is 17.8 Å². The summed E-state index contributed by atoms with van der Waals surface area (Å²) in [6.45, 7) is 6.27. The maximum Gasteiger partial charge on any atom is 0.0717 e. The number of nitrogens with zero attached hydrogens (tertiary/aromatic N) is 2. The molecule has 0 unspecified atom stereocenters. The largest absolute Gasteiger partial charge is 0.375 e. The van der Waals surface area contributed by atoms with Gasteiger partial charge in [0.1, 0.15) is 0 Å². The first-order chi connectivity index (χ1) is 13.9. The number of ether oxygens (including phenoxy) is 1. The molecule has 2 aromatic rings. The van der Waals surface area contributed by atoms with Crippen molar-refractivity contribution in [3.8, 4) is 0 Å². The van der Waals surface area contributed by atoms with E-state index in [0.717, 1.165) is 19.1 Å². The van der Waals surface area contributed by atoms with Crippen LogP contribution in [0.5, 0.6) is 0 Å². The lowest BCUT2D eigenvalue weighted by atomic mass is 10.0. The molecule has 3 nitrogen and oxygen atoms in total. The molecule has 28 heavy (non-hydrogen) atoms. The van der Waals surface area contributed by atoms with Crippen LogP contribution in [0.4, 0.5) is 0 Å². The molecule has 3 heteroatoms. The van der Waals surface area contributed by atoms with Gasteiger partial charge in [-0.1, -0.05) is 73.5 Å². The van der Waals surface area contributed by atoms with Gasteiger partial charge < -0.3 is 4.74 Å². The third kappa shape index (κ3) is 5.44. The number of hydrogen-bond acceptors (Lipinski definition) is 3. The number of rotatable bonds is 8. The van der Waals surface area contributed by atoms with Gasteiger partial charge in [0, 0.05) is 38.3 Å². The Morgan fingerprint density at radius 3 is 2.04 bits per heavy atom. The van der Waals surface area contributed by atoms with E-state index in [-0.39, 0.29) is 0 Å². The second kappa shape index (κ2) is 10.2. The first-order valence-electron chi connectivity index (χ1n) is 11.0. The molecule has 2 aliphatic rings. The molecule has 1 saturated carbocycles. The van der Waals surface area contributed by atoms with Crippen LogP contribution < -0.4 is 0 Å². The highest BCUT2D eigenvalue weighted by Crippen LogP contribution is 2.25. The summed E-state index contributed by atoms with van der Waals surface area (Å²) >= 11 is 0. The molecular weight excluding hydrogens is 344 g/mol. The fourth-order valence-corrected chi connectivity index (χ4v) is 4.80. The molecule has 0 bridgehead atoms. The Morgan fingerprint density at radius 1 is 0.786 bits per heavy atom. The molecule has 2 aromatic carbocycles. The molecule has 1 aliphatic heterocycles. The first kappa shape index (κ1) is 19.6. The fraction of sp³-hybridized carbons (Fsp3) is 0.520. The van der Waals surface area contributed by atoms with Gasteiger partial charge in [-0.05, 0) is 30.4 Å².